The Labute approximate surface area is 282 Å². The van der Waals surface area contributed by atoms with Gasteiger partial charge in [0.2, 0.25) is 6.71 Å². The summed E-state index contributed by atoms with van der Waals surface area (Å²) in [6, 6.07) is 48.6. The van der Waals surface area contributed by atoms with Crippen LogP contribution in [0.15, 0.2) is 152 Å². The number of hydrogen-bond donors (Lipinski definition) is 0. The maximum atomic E-state index is 6.79. The summed E-state index contributed by atoms with van der Waals surface area (Å²) in [5.74, 6) is 1.51. The quantitative estimate of drug-likeness (QED) is 0.174. The van der Waals surface area contributed by atoms with Crippen molar-refractivity contribution in [3.05, 3.63) is 169 Å². The number of aromatic nitrogens is 2. The number of nitrogens with zero attached hydrogens (tertiary/aromatic N) is 3. The minimum absolute atomic E-state index is 0.0253. The van der Waals surface area contributed by atoms with E-state index in [2.05, 4.69) is 128 Å². The van der Waals surface area contributed by atoms with Gasteiger partial charge in [0.1, 0.15) is 11.5 Å². The van der Waals surface area contributed by atoms with Gasteiger partial charge < -0.3 is 9.64 Å². The minimum Gasteiger partial charge on any atom is -0.457 e. The summed E-state index contributed by atoms with van der Waals surface area (Å²) >= 11 is 0. The topological polar surface area (TPSA) is 38.2 Å². The molecule has 0 saturated carbocycles. The summed E-state index contributed by atoms with van der Waals surface area (Å²) < 4.78 is 6.79. The van der Waals surface area contributed by atoms with Crippen molar-refractivity contribution >= 4 is 40.2 Å². The van der Waals surface area contributed by atoms with E-state index in [-0.39, 0.29) is 6.71 Å². The molecule has 0 bridgehead atoms. The van der Waals surface area contributed by atoms with Gasteiger partial charge in [0.25, 0.3) is 0 Å². The number of hydrogen-bond acceptors (Lipinski definition) is 4. The van der Waals surface area contributed by atoms with Crippen LogP contribution in [0.2, 0.25) is 0 Å². The summed E-state index contributed by atoms with van der Waals surface area (Å²) in [6.45, 7) is 6.63. The van der Waals surface area contributed by atoms with Crippen molar-refractivity contribution in [1.29, 1.82) is 0 Å². The van der Waals surface area contributed by atoms with Crippen LogP contribution in [0, 0.1) is 20.8 Å². The maximum Gasteiger partial charge on any atom is 0.247 e. The number of benzene rings is 5. The van der Waals surface area contributed by atoms with E-state index >= 15 is 0 Å². The molecule has 0 aliphatic carbocycles. The molecule has 0 atom stereocenters. The molecular formula is C43H34BN3O. The van der Waals surface area contributed by atoms with E-state index < -0.39 is 0 Å². The molecule has 4 nitrogen and oxygen atoms in total. The lowest BCUT2D eigenvalue weighted by Crippen LogP contribution is -2.58. The summed E-state index contributed by atoms with van der Waals surface area (Å²) in [4.78, 5) is 11.9. The molecule has 1 aliphatic heterocycles. The van der Waals surface area contributed by atoms with Gasteiger partial charge in [0.05, 0.1) is 17.1 Å². The number of rotatable bonds is 6. The van der Waals surface area contributed by atoms with Crippen LogP contribution in [0.5, 0.6) is 11.5 Å². The van der Waals surface area contributed by atoms with Crippen LogP contribution in [-0.2, 0) is 0 Å². The third kappa shape index (κ3) is 5.33. The van der Waals surface area contributed by atoms with Gasteiger partial charge >= 0.3 is 0 Å². The summed E-state index contributed by atoms with van der Waals surface area (Å²) in [7, 11) is 0. The molecule has 7 aromatic rings. The molecule has 0 unspecified atom stereocenters. The molecule has 2 aromatic heterocycles. The van der Waals surface area contributed by atoms with Gasteiger partial charge in [-0.3, -0.25) is 9.97 Å². The third-order valence-corrected chi connectivity index (χ3v) is 9.15. The van der Waals surface area contributed by atoms with Crippen LogP contribution in [0.1, 0.15) is 16.7 Å². The Balaban J connectivity index is 1.41. The lowest BCUT2D eigenvalue weighted by molar-refractivity contribution is 0.483. The van der Waals surface area contributed by atoms with Crippen molar-refractivity contribution in [2.24, 2.45) is 0 Å². The van der Waals surface area contributed by atoms with Gasteiger partial charge in [-0.2, -0.15) is 0 Å². The van der Waals surface area contributed by atoms with Crippen LogP contribution in [0.25, 0.3) is 22.5 Å². The van der Waals surface area contributed by atoms with Crippen molar-refractivity contribution in [3.63, 3.8) is 0 Å². The molecule has 0 amide bonds. The second-order valence-electron chi connectivity index (χ2n) is 12.4. The van der Waals surface area contributed by atoms with Crippen LogP contribution in [0.3, 0.4) is 0 Å². The third-order valence-electron chi connectivity index (χ3n) is 9.15. The average molecular weight is 620 g/mol. The highest BCUT2D eigenvalue weighted by molar-refractivity contribution is 6.98. The molecule has 5 aromatic carbocycles. The summed E-state index contributed by atoms with van der Waals surface area (Å²) in [6.07, 6.45) is 3.68. The smallest absolute Gasteiger partial charge is 0.247 e. The molecule has 1 aliphatic rings. The van der Waals surface area contributed by atoms with E-state index in [9.17, 15) is 0 Å². The summed E-state index contributed by atoms with van der Waals surface area (Å²) in [5, 5.41) is 0. The highest BCUT2D eigenvalue weighted by Crippen LogP contribution is 2.43. The van der Waals surface area contributed by atoms with E-state index in [1.807, 2.05) is 54.9 Å². The molecule has 8 rings (SSSR count). The van der Waals surface area contributed by atoms with E-state index in [0.717, 1.165) is 51.1 Å². The highest BCUT2D eigenvalue weighted by atomic mass is 16.5. The number of fused-ring (bicyclic) bond motifs is 2. The molecular weight excluding hydrogens is 585 g/mol. The molecule has 0 fully saturated rings. The Kier molecular flexibility index (Phi) is 7.58. The molecule has 48 heavy (non-hydrogen) atoms. The first-order valence-electron chi connectivity index (χ1n) is 16.4. The van der Waals surface area contributed by atoms with Gasteiger partial charge in [0, 0.05) is 34.9 Å². The number of aryl methyl sites for hydroxylation is 3. The summed E-state index contributed by atoms with van der Waals surface area (Å²) in [5.41, 5.74) is 14.7. The van der Waals surface area contributed by atoms with E-state index in [1.54, 1.807) is 0 Å². The Morgan fingerprint density at radius 2 is 1.25 bits per heavy atom. The van der Waals surface area contributed by atoms with Crippen molar-refractivity contribution in [3.8, 4) is 34.0 Å². The van der Waals surface area contributed by atoms with Gasteiger partial charge in [-0.15, -0.1) is 0 Å². The zero-order valence-electron chi connectivity index (χ0n) is 27.3. The Morgan fingerprint density at radius 3 is 1.98 bits per heavy atom. The highest BCUT2D eigenvalue weighted by Gasteiger charge is 2.39. The number of anilines is 3. The van der Waals surface area contributed by atoms with E-state index in [1.165, 1.54) is 33.1 Å². The molecule has 5 heteroatoms. The first kappa shape index (κ1) is 29.5. The molecule has 0 spiro atoms. The number of para-hydroxylation sites is 2. The van der Waals surface area contributed by atoms with Crippen LogP contribution in [0.4, 0.5) is 17.1 Å². The van der Waals surface area contributed by atoms with Crippen LogP contribution in [-0.4, -0.2) is 16.7 Å². The Morgan fingerprint density at radius 1 is 0.562 bits per heavy atom. The fraction of sp³-hybridized carbons (Fsp3) is 0.0698. The molecule has 230 valence electrons. The first-order valence-corrected chi connectivity index (χ1v) is 16.4. The second kappa shape index (κ2) is 12.3. The minimum atomic E-state index is -0.0253. The monoisotopic (exact) mass is 619 g/mol. The average Bonchev–Trinajstić information content (AvgIpc) is 3.12. The van der Waals surface area contributed by atoms with Gasteiger partial charge in [-0.25, -0.2) is 0 Å². The van der Waals surface area contributed by atoms with Gasteiger partial charge in [0.15, 0.2) is 0 Å². The van der Waals surface area contributed by atoms with Crippen molar-refractivity contribution in [2.75, 3.05) is 4.90 Å². The van der Waals surface area contributed by atoms with Crippen molar-refractivity contribution in [1.82, 2.24) is 9.97 Å². The van der Waals surface area contributed by atoms with Gasteiger partial charge in [-0.1, -0.05) is 94.9 Å². The Bertz CT molecular complexity index is 2230. The van der Waals surface area contributed by atoms with Crippen molar-refractivity contribution < 1.29 is 4.74 Å². The lowest BCUT2D eigenvalue weighted by Gasteiger charge is -2.39. The van der Waals surface area contributed by atoms with Crippen molar-refractivity contribution in [2.45, 2.75) is 20.8 Å². The SMILES string of the molecule is Cc1cc(C)c(B2c3ccccc3N(c3ccccc3)c3c2cc(Oc2cccc(-c4ccccn4)c2)cc3-c2ccccn2)c(C)c1. The maximum absolute atomic E-state index is 6.79. The fourth-order valence-electron chi connectivity index (χ4n) is 7.29. The largest absolute Gasteiger partial charge is 0.457 e. The van der Waals surface area contributed by atoms with Crippen LogP contribution < -0.4 is 26.0 Å². The van der Waals surface area contributed by atoms with E-state index in [0.29, 0.717) is 0 Å². The predicted octanol–water partition coefficient (Wildman–Crippen LogP) is 8.83. The molecule has 3 heterocycles. The lowest BCUT2D eigenvalue weighted by atomic mass is 9.33. The zero-order valence-corrected chi connectivity index (χ0v) is 27.3. The molecule has 0 radical (unpaired) electrons. The van der Waals surface area contributed by atoms with E-state index in [4.69, 9.17) is 9.72 Å². The second-order valence-corrected chi connectivity index (χ2v) is 12.4. The molecule has 0 N–H and O–H groups in total. The number of ether oxygens (including phenoxy) is 1. The fourth-order valence-corrected chi connectivity index (χ4v) is 7.29. The normalized spacial score (nSPS) is 12.0. The first-order chi connectivity index (χ1) is 23.5. The number of pyridine rings is 2. The Hall–Kier alpha value is -5.94. The van der Waals surface area contributed by atoms with Gasteiger partial charge in [-0.05, 0) is 98.4 Å². The standard InChI is InChI=1S/C43H34BN3O/c1-29-24-30(2)42(31(3)25-29)44-37-18-7-8-21-41(37)47(33-15-5-4-6-16-33)43-36(40-20-10-12-23-46-40)27-35(28-38(43)44)48-34-17-13-14-32(26-34)39-19-9-11-22-45-39/h4-28H,1-3H3. The predicted molar refractivity (Wildman–Crippen MR) is 199 cm³/mol. The molecule has 0 saturated heterocycles. The van der Waals surface area contributed by atoms with Crippen LogP contribution >= 0.6 is 0 Å². The zero-order chi connectivity index (χ0) is 32.6.